The van der Waals surface area contributed by atoms with Gasteiger partial charge >= 0.3 is 11.2 Å². The monoisotopic (exact) mass is 381 g/mol. The van der Waals surface area contributed by atoms with Gasteiger partial charge in [0.1, 0.15) is 11.4 Å². The Labute approximate surface area is 160 Å². The highest BCUT2D eigenvalue weighted by Crippen LogP contribution is 2.26. The smallest absolute Gasteiger partial charge is 0.376 e. The zero-order valence-electron chi connectivity index (χ0n) is 15.3. The van der Waals surface area contributed by atoms with Crippen LogP contribution in [0.4, 0.5) is 17.2 Å². The van der Waals surface area contributed by atoms with E-state index in [9.17, 15) is 14.9 Å². The highest BCUT2D eigenvalue weighted by atomic mass is 16.6. The Morgan fingerprint density at radius 3 is 2.36 bits per heavy atom. The summed E-state index contributed by atoms with van der Waals surface area (Å²) in [4.78, 5) is 32.0. The van der Waals surface area contributed by atoms with Gasteiger partial charge in [-0.2, -0.15) is 0 Å². The minimum absolute atomic E-state index is 0.135. The van der Waals surface area contributed by atoms with Gasteiger partial charge in [0, 0.05) is 38.1 Å². The van der Waals surface area contributed by atoms with Crippen molar-refractivity contribution in [1.29, 1.82) is 0 Å². The molecular weight excluding hydrogens is 362 g/mol. The molecule has 28 heavy (non-hydrogen) atoms. The van der Waals surface area contributed by atoms with Gasteiger partial charge in [-0.25, -0.2) is 4.98 Å². The summed E-state index contributed by atoms with van der Waals surface area (Å²) < 4.78 is 6.39. The van der Waals surface area contributed by atoms with E-state index < -0.39 is 16.2 Å². The van der Waals surface area contributed by atoms with Crippen molar-refractivity contribution < 1.29 is 9.66 Å². The van der Waals surface area contributed by atoms with Gasteiger partial charge in [-0.05, 0) is 36.4 Å². The van der Waals surface area contributed by atoms with E-state index in [0.717, 1.165) is 11.4 Å². The van der Waals surface area contributed by atoms with E-state index in [4.69, 9.17) is 4.74 Å². The number of piperazine rings is 1. The molecule has 0 spiro atoms. The average Bonchev–Trinajstić information content (AvgIpc) is 2.73. The normalized spacial score (nSPS) is 14.3. The van der Waals surface area contributed by atoms with Crippen LogP contribution in [0.15, 0.2) is 53.5 Å². The van der Waals surface area contributed by atoms with E-state index in [1.807, 2.05) is 29.2 Å². The maximum absolute atomic E-state index is 12.6. The number of pyridine rings is 1. The maximum Gasteiger partial charge on any atom is 0.376 e. The molecule has 1 aliphatic heterocycles. The van der Waals surface area contributed by atoms with E-state index in [-0.39, 0.29) is 5.82 Å². The van der Waals surface area contributed by atoms with Crippen LogP contribution in [0.3, 0.4) is 0 Å². The fourth-order valence-electron chi connectivity index (χ4n) is 3.42. The molecule has 9 heteroatoms. The second-order valence-electron chi connectivity index (χ2n) is 6.45. The predicted octanol–water partition coefficient (Wildman–Crippen LogP) is 1.94. The summed E-state index contributed by atoms with van der Waals surface area (Å²) in [6, 6.07) is 12.8. The number of fused-ring (bicyclic) bond motifs is 1. The van der Waals surface area contributed by atoms with Gasteiger partial charge in [0.05, 0.1) is 12.0 Å². The van der Waals surface area contributed by atoms with Crippen molar-refractivity contribution in [3.05, 3.63) is 69.1 Å². The van der Waals surface area contributed by atoms with Crippen LogP contribution in [-0.2, 0) is 0 Å². The fourth-order valence-corrected chi connectivity index (χ4v) is 3.42. The van der Waals surface area contributed by atoms with Crippen molar-refractivity contribution in [1.82, 2.24) is 9.38 Å². The fraction of sp³-hybridized carbons (Fsp3) is 0.263. The average molecular weight is 381 g/mol. The molecule has 0 radical (unpaired) electrons. The van der Waals surface area contributed by atoms with E-state index in [1.54, 1.807) is 25.3 Å². The summed E-state index contributed by atoms with van der Waals surface area (Å²) in [5, 5.41) is 11.6. The molecule has 0 amide bonds. The van der Waals surface area contributed by atoms with Crippen LogP contribution in [-0.4, -0.2) is 47.6 Å². The number of hydrogen-bond donors (Lipinski definition) is 0. The van der Waals surface area contributed by atoms with Gasteiger partial charge in [-0.15, -0.1) is 0 Å². The number of nitrogens with zero attached hydrogens (tertiary/aromatic N) is 5. The summed E-state index contributed by atoms with van der Waals surface area (Å²) in [6.45, 7) is 2.39. The first kappa shape index (κ1) is 17.8. The van der Waals surface area contributed by atoms with Gasteiger partial charge in [0.2, 0.25) is 5.82 Å². The Kier molecular flexibility index (Phi) is 4.56. The van der Waals surface area contributed by atoms with E-state index in [1.165, 1.54) is 10.6 Å². The minimum Gasteiger partial charge on any atom is -0.497 e. The van der Waals surface area contributed by atoms with Crippen LogP contribution in [0.1, 0.15) is 0 Å². The molecule has 9 nitrogen and oxygen atoms in total. The number of methoxy groups -OCH3 is 1. The van der Waals surface area contributed by atoms with Gasteiger partial charge in [-0.3, -0.25) is 19.3 Å². The van der Waals surface area contributed by atoms with Crippen molar-refractivity contribution >= 4 is 22.8 Å². The lowest BCUT2D eigenvalue weighted by atomic mass is 10.2. The van der Waals surface area contributed by atoms with Crippen LogP contribution in [0.25, 0.3) is 5.65 Å². The summed E-state index contributed by atoms with van der Waals surface area (Å²) in [7, 11) is 1.62. The molecule has 0 aliphatic carbocycles. The molecule has 1 aromatic carbocycles. The molecule has 3 heterocycles. The van der Waals surface area contributed by atoms with Crippen LogP contribution in [0, 0.1) is 10.1 Å². The van der Waals surface area contributed by atoms with Gasteiger partial charge in [0.25, 0.3) is 0 Å². The Hall–Kier alpha value is -3.62. The topological polar surface area (TPSA) is 93.2 Å². The molecule has 1 fully saturated rings. The van der Waals surface area contributed by atoms with Gasteiger partial charge in [0.15, 0.2) is 0 Å². The SMILES string of the molecule is COc1ccc(N2CCN(c3nc4ccccn4c(=O)c3[N+](=O)[O-])CC2)cc1. The quantitative estimate of drug-likeness (QED) is 0.504. The Balaban J connectivity index is 1.62. The lowest BCUT2D eigenvalue weighted by Crippen LogP contribution is -2.47. The number of anilines is 2. The lowest BCUT2D eigenvalue weighted by Gasteiger charge is -2.36. The minimum atomic E-state index is -0.664. The van der Waals surface area contributed by atoms with Crippen LogP contribution in [0.5, 0.6) is 5.75 Å². The summed E-state index contributed by atoms with van der Waals surface area (Å²) in [5.74, 6) is 0.925. The van der Waals surface area contributed by atoms with Crippen LogP contribution < -0.4 is 20.1 Å². The molecule has 0 unspecified atom stereocenters. The third-order valence-corrected chi connectivity index (χ3v) is 4.89. The molecule has 1 saturated heterocycles. The molecule has 0 bridgehead atoms. The molecule has 0 saturated carbocycles. The third-order valence-electron chi connectivity index (χ3n) is 4.89. The molecule has 3 aromatic rings. The van der Waals surface area contributed by atoms with Crippen LogP contribution >= 0.6 is 0 Å². The van der Waals surface area contributed by atoms with Gasteiger partial charge < -0.3 is 14.5 Å². The molecular formula is C19H19N5O4. The second-order valence-corrected chi connectivity index (χ2v) is 6.45. The van der Waals surface area contributed by atoms with Crippen molar-refractivity contribution in [2.45, 2.75) is 0 Å². The summed E-state index contributed by atoms with van der Waals surface area (Å²) in [6.07, 6.45) is 1.49. The molecule has 144 valence electrons. The third kappa shape index (κ3) is 3.11. The largest absolute Gasteiger partial charge is 0.497 e. The molecule has 2 aromatic heterocycles. The lowest BCUT2D eigenvalue weighted by molar-refractivity contribution is -0.385. The van der Waals surface area contributed by atoms with E-state index >= 15 is 0 Å². The molecule has 0 N–H and O–H groups in total. The number of aromatic nitrogens is 2. The number of benzene rings is 1. The molecule has 4 rings (SSSR count). The number of nitro groups is 1. The first-order valence-electron chi connectivity index (χ1n) is 8.88. The van der Waals surface area contributed by atoms with Crippen molar-refractivity contribution in [3.63, 3.8) is 0 Å². The molecule has 0 atom stereocenters. The highest BCUT2D eigenvalue weighted by Gasteiger charge is 2.29. The van der Waals surface area contributed by atoms with E-state index in [0.29, 0.717) is 31.8 Å². The summed E-state index contributed by atoms with van der Waals surface area (Å²) >= 11 is 0. The highest BCUT2D eigenvalue weighted by molar-refractivity contribution is 5.62. The summed E-state index contributed by atoms with van der Waals surface area (Å²) in [5.41, 5.74) is 0.303. The van der Waals surface area contributed by atoms with Crippen molar-refractivity contribution in [3.8, 4) is 5.75 Å². The van der Waals surface area contributed by atoms with Gasteiger partial charge in [-0.1, -0.05) is 6.07 Å². The maximum atomic E-state index is 12.6. The Morgan fingerprint density at radius 1 is 1.04 bits per heavy atom. The predicted molar refractivity (Wildman–Crippen MR) is 106 cm³/mol. The Morgan fingerprint density at radius 2 is 1.71 bits per heavy atom. The Bertz CT molecular complexity index is 1070. The zero-order chi connectivity index (χ0) is 19.7. The van der Waals surface area contributed by atoms with Crippen molar-refractivity contribution in [2.24, 2.45) is 0 Å². The van der Waals surface area contributed by atoms with E-state index in [2.05, 4.69) is 9.88 Å². The second kappa shape index (κ2) is 7.18. The zero-order valence-corrected chi connectivity index (χ0v) is 15.3. The standard InChI is InChI=1S/C19H19N5O4/c1-28-15-7-5-14(6-8-15)21-10-12-22(13-11-21)18-17(24(26)27)19(25)23-9-3-2-4-16(23)20-18/h2-9H,10-13H2,1H3. The van der Waals surface area contributed by atoms with Crippen LogP contribution in [0.2, 0.25) is 0 Å². The molecule has 1 aliphatic rings. The number of ether oxygens (including phenoxy) is 1. The van der Waals surface area contributed by atoms with Crippen molar-refractivity contribution in [2.75, 3.05) is 43.1 Å². The number of rotatable bonds is 4. The first-order valence-corrected chi connectivity index (χ1v) is 8.88. The first-order chi connectivity index (χ1) is 13.6. The number of hydrogen-bond acceptors (Lipinski definition) is 7.